The molecular weight excluding hydrogens is 451 g/mol. The van der Waals surface area contributed by atoms with Crippen molar-refractivity contribution in [3.8, 4) is 5.75 Å². The molecule has 4 rings (SSSR count). The number of halogens is 1. The van der Waals surface area contributed by atoms with Crippen molar-refractivity contribution < 1.29 is 28.9 Å². The van der Waals surface area contributed by atoms with Gasteiger partial charge in [-0.25, -0.2) is 4.39 Å². The first kappa shape index (κ1) is 24.9. The van der Waals surface area contributed by atoms with Crippen molar-refractivity contribution in [1.82, 2.24) is 10.2 Å². The summed E-state index contributed by atoms with van der Waals surface area (Å²) in [4.78, 5) is 28.0. The van der Waals surface area contributed by atoms with Gasteiger partial charge in [0.05, 0.1) is 18.6 Å². The Labute approximate surface area is 204 Å². The fraction of sp³-hybridized carbons (Fsp3) is 0.407. The Morgan fingerprint density at radius 3 is 2.60 bits per heavy atom. The fourth-order valence-electron chi connectivity index (χ4n) is 4.81. The summed E-state index contributed by atoms with van der Waals surface area (Å²) < 4.78 is 19.6. The van der Waals surface area contributed by atoms with Crippen molar-refractivity contribution in [2.75, 3.05) is 13.2 Å². The van der Waals surface area contributed by atoms with Crippen molar-refractivity contribution >= 4 is 11.8 Å². The predicted octanol–water partition coefficient (Wildman–Crippen LogP) is 2.67. The van der Waals surface area contributed by atoms with Gasteiger partial charge in [-0.05, 0) is 36.3 Å². The number of hydrogen-bond donors (Lipinski definition) is 3. The van der Waals surface area contributed by atoms with E-state index in [-0.39, 0.29) is 43.7 Å². The van der Waals surface area contributed by atoms with E-state index in [0.29, 0.717) is 23.3 Å². The van der Waals surface area contributed by atoms with Crippen molar-refractivity contribution in [2.45, 2.75) is 56.9 Å². The molecule has 0 aromatic heterocycles. The Kier molecular flexibility index (Phi) is 7.83. The lowest BCUT2D eigenvalue weighted by Crippen LogP contribution is -2.55. The Bertz CT molecular complexity index is 1090. The van der Waals surface area contributed by atoms with Gasteiger partial charge in [0.15, 0.2) is 0 Å². The fourth-order valence-corrected chi connectivity index (χ4v) is 4.81. The molecule has 2 aromatic rings. The first-order chi connectivity index (χ1) is 16.9. The lowest BCUT2D eigenvalue weighted by atomic mass is 9.77. The van der Waals surface area contributed by atoms with Gasteiger partial charge < -0.3 is 25.2 Å². The van der Waals surface area contributed by atoms with Crippen LogP contribution >= 0.6 is 0 Å². The number of para-hydroxylation sites is 1. The standard InChI is InChI=1S/C27H31FN2O5/c1-2-3-8-23(32)30(16-17-9-11-18(28)12-10-17)21-15-20(27(34)29-13-14-31)24-19-6-4-5-7-22(19)35-26(24)25(21)33/h4-7,9-12,15,21,24-26,31,33H,2-3,8,13-14,16H2,1H3,(H,29,34). The number of hydrogen-bond acceptors (Lipinski definition) is 5. The molecule has 2 amide bonds. The van der Waals surface area contributed by atoms with Gasteiger partial charge in [-0.15, -0.1) is 0 Å². The molecule has 186 valence electrons. The Hall–Kier alpha value is -3.23. The number of aliphatic hydroxyl groups is 2. The number of rotatable bonds is 9. The Morgan fingerprint density at radius 1 is 1.14 bits per heavy atom. The topological polar surface area (TPSA) is 99.1 Å². The highest BCUT2D eigenvalue weighted by Crippen LogP contribution is 2.47. The summed E-state index contributed by atoms with van der Waals surface area (Å²) in [6.07, 6.45) is 1.60. The van der Waals surface area contributed by atoms with Crippen LogP contribution in [-0.2, 0) is 16.1 Å². The van der Waals surface area contributed by atoms with E-state index in [1.165, 1.54) is 12.1 Å². The largest absolute Gasteiger partial charge is 0.486 e. The van der Waals surface area contributed by atoms with Gasteiger partial charge in [0.2, 0.25) is 11.8 Å². The second-order valence-corrected chi connectivity index (χ2v) is 8.93. The molecule has 0 saturated heterocycles. The molecule has 1 heterocycles. The zero-order valence-electron chi connectivity index (χ0n) is 19.7. The smallest absolute Gasteiger partial charge is 0.247 e. The molecule has 2 aromatic carbocycles. The van der Waals surface area contributed by atoms with Crippen LogP contribution in [0.15, 0.2) is 60.2 Å². The van der Waals surface area contributed by atoms with E-state index >= 15 is 0 Å². The maximum Gasteiger partial charge on any atom is 0.247 e. The zero-order valence-corrected chi connectivity index (χ0v) is 19.7. The van der Waals surface area contributed by atoms with Crippen LogP contribution in [0.5, 0.6) is 5.75 Å². The van der Waals surface area contributed by atoms with E-state index in [2.05, 4.69) is 5.32 Å². The van der Waals surface area contributed by atoms with Crippen LogP contribution < -0.4 is 10.1 Å². The van der Waals surface area contributed by atoms with E-state index in [1.807, 2.05) is 25.1 Å². The lowest BCUT2D eigenvalue weighted by Gasteiger charge is -2.41. The number of carbonyl (C=O) groups excluding carboxylic acids is 2. The van der Waals surface area contributed by atoms with Gasteiger partial charge in [0.1, 0.15) is 23.8 Å². The number of fused-ring (bicyclic) bond motifs is 3. The van der Waals surface area contributed by atoms with E-state index in [9.17, 15) is 24.2 Å². The maximum atomic E-state index is 13.5. The molecule has 0 bridgehead atoms. The minimum Gasteiger partial charge on any atom is -0.486 e. The van der Waals surface area contributed by atoms with Gasteiger partial charge in [0.25, 0.3) is 0 Å². The molecule has 3 N–H and O–H groups in total. The summed E-state index contributed by atoms with van der Waals surface area (Å²) in [6.45, 7) is 2.01. The number of carbonyl (C=O) groups is 2. The summed E-state index contributed by atoms with van der Waals surface area (Å²) in [6, 6.07) is 12.4. The minimum absolute atomic E-state index is 0.0814. The molecule has 0 saturated carbocycles. The van der Waals surface area contributed by atoms with E-state index < -0.39 is 24.2 Å². The first-order valence-corrected chi connectivity index (χ1v) is 12.0. The van der Waals surface area contributed by atoms with Crippen LogP contribution in [0.25, 0.3) is 0 Å². The summed E-state index contributed by atoms with van der Waals surface area (Å²) >= 11 is 0. The number of aliphatic hydroxyl groups excluding tert-OH is 2. The molecule has 35 heavy (non-hydrogen) atoms. The average Bonchev–Trinajstić information content (AvgIpc) is 3.26. The molecule has 7 nitrogen and oxygen atoms in total. The van der Waals surface area contributed by atoms with Gasteiger partial charge in [-0.2, -0.15) is 0 Å². The first-order valence-electron chi connectivity index (χ1n) is 12.0. The highest BCUT2D eigenvalue weighted by molar-refractivity contribution is 5.96. The number of nitrogens with zero attached hydrogens (tertiary/aromatic N) is 1. The van der Waals surface area contributed by atoms with E-state index in [4.69, 9.17) is 4.74 Å². The van der Waals surface area contributed by atoms with Crippen molar-refractivity contribution in [1.29, 1.82) is 0 Å². The van der Waals surface area contributed by atoms with Crippen molar-refractivity contribution in [2.24, 2.45) is 0 Å². The molecular formula is C27H31FN2O5. The molecule has 0 radical (unpaired) electrons. The maximum absolute atomic E-state index is 13.5. The number of ether oxygens (including phenoxy) is 1. The molecule has 1 aliphatic carbocycles. The minimum atomic E-state index is -1.09. The molecule has 4 unspecified atom stereocenters. The zero-order chi connectivity index (χ0) is 24.9. The highest BCUT2D eigenvalue weighted by Gasteiger charge is 2.50. The third kappa shape index (κ3) is 5.23. The summed E-state index contributed by atoms with van der Waals surface area (Å²) in [5.41, 5.74) is 1.89. The predicted molar refractivity (Wildman–Crippen MR) is 128 cm³/mol. The van der Waals surface area contributed by atoms with E-state index in [0.717, 1.165) is 12.0 Å². The highest BCUT2D eigenvalue weighted by atomic mass is 19.1. The van der Waals surface area contributed by atoms with Gasteiger partial charge >= 0.3 is 0 Å². The third-order valence-electron chi connectivity index (χ3n) is 6.57. The summed E-state index contributed by atoms with van der Waals surface area (Å²) in [5, 5.41) is 23.4. The Balaban J connectivity index is 1.74. The molecule has 1 aliphatic heterocycles. The van der Waals surface area contributed by atoms with Crippen LogP contribution in [-0.4, -0.2) is 58.3 Å². The number of nitrogens with one attached hydrogen (secondary N) is 1. The average molecular weight is 483 g/mol. The second-order valence-electron chi connectivity index (χ2n) is 8.93. The molecule has 0 spiro atoms. The van der Waals surface area contributed by atoms with Gasteiger partial charge in [0, 0.05) is 30.6 Å². The SMILES string of the molecule is CCCCC(=O)N(Cc1ccc(F)cc1)C1C=C(C(=O)NCCO)C2c3ccccc3OC2C1O. The van der Waals surface area contributed by atoms with Crippen LogP contribution in [0.1, 0.15) is 43.2 Å². The van der Waals surface area contributed by atoms with Crippen LogP contribution in [0.3, 0.4) is 0 Å². The molecule has 8 heteroatoms. The second kappa shape index (κ2) is 11.0. The quantitative estimate of drug-likeness (QED) is 0.511. The number of unbranched alkanes of at least 4 members (excludes halogenated alkanes) is 1. The molecule has 2 aliphatic rings. The normalized spacial score (nSPS) is 22.5. The van der Waals surface area contributed by atoms with Crippen LogP contribution in [0.2, 0.25) is 0 Å². The Morgan fingerprint density at radius 2 is 1.89 bits per heavy atom. The van der Waals surface area contributed by atoms with E-state index in [1.54, 1.807) is 29.2 Å². The summed E-state index contributed by atoms with van der Waals surface area (Å²) in [5.74, 6) is -0.840. The van der Waals surface area contributed by atoms with Crippen LogP contribution in [0, 0.1) is 5.82 Å². The number of amides is 2. The van der Waals surface area contributed by atoms with Crippen molar-refractivity contribution in [3.05, 3.63) is 77.1 Å². The van der Waals surface area contributed by atoms with Crippen molar-refractivity contribution in [3.63, 3.8) is 0 Å². The molecule has 0 fully saturated rings. The monoisotopic (exact) mass is 482 g/mol. The lowest BCUT2D eigenvalue weighted by molar-refractivity contribution is -0.138. The van der Waals surface area contributed by atoms with Gasteiger partial charge in [-0.1, -0.05) is 43.7 Å². The number of benzene rings is 2. The van der Waals surface area contributed by atoms with Gasteiger partial charge in [-0.3, -0.25) is 9.59 Å². The van der Waals surface area contributed by atoms with Crippen LogP contribution in [0.4, 0.5) is 4.39 Å². The third-order valence-corrected chi connectivity index (χ3v) is 6.57. The summed E-state index contributed by atoms with van der Waals surface area (Å²) in [7, 11) is 0. The molecule has 4 atom stereocenters.